The van der Waals surface area contributed by atoms with Crippen molar-refractivity contribution in [1.29, 1.82) is 4.78 Å². The van der Waals surface area contributed by atoms with Crippen molar-refractivity contribution in [3.8, 4) is 34.2 Å². The molecule has 3 N–H and O–H groups in total. The van der Waals surface area contributed by atoms with E-state index in [2.05, 4.69) is 75.0 Å². The zero-order valence-electron chi connectivity index (χ0n) is 32.6. The summed E-state index contributed by atoms with van der Waals surface area (Å²) in [6, 6.07) is 8.60. The molecule has 0 aromatic carbocycles. The van der Waals surface area contributed by atoms with Crippen LogP contribution in [0, 0.1) is 18.6 Å². The number of nitrogens with one attached hydrogen (secondary N) is 3. The number of pyridine rings is 2. The van der Waals surface area contributed by atoms with E-state index in [1.165, 1.54) is 23.1 Å². The first kappa shape index (κ1) is 37.7. The van der Waals surface area contributed by atoms with E-state index in [0.717, 1.165) is 97.6 Å². The van der Waals surface area contributed by atoms with Gasteiger partial charge in [0.05, 0.1) is 79.5 Å². The SMILES string of the molecule is Cc1cc(-c2nsc3c(C4(S(C)(=N)=O)CC4)cc(N4CCOCC4C)nc23)[nH]n1.Cc1n[nH]c(-c2nsc3c(-c4ccnn4C)cc(N4CCOCC4C)nc23)n1. The van der Waals surface area contributed by atoms with Crippen molar-refractivity contribution in [3.63, 3.8) is 0 Å². The van der Waals surface area contributed by atoms with E-state index in [0.29, 0.717) is 38.1 Å². The summed E-state index contributed by atoms with van der Waals surface area (Å²) >= 11 is 2.79. The zero-order chi connectivity index (χ0) is 39.6. The van der Waals surface area contributed by atoms with Crippen LogP contribution in [0.25, 0.3) is 54.6 Å². The normalized spacial score (nSPS) is 20.5. The molecule has 10 rings (SSSR count). The van der Waals surface area contributed by atoms with Crippen LogP contribution in [0.1, 0.15) is 43.8 Å². The molecule has 0 bridgehead atoms. The van der Waals surface area contributed by atoms with Crippen molar-refractivity contribution in [1.82, 2.24) is 53.9 Å². The average Bonchev–Trinajstić information content (AvgIpc) is 3.71. The molecule has 0 amide bonds. The smallest absolute Gasteiger partial charge is 0.177 e. The number of ether oxygens (including phenoxy) is 2. The summed E-state index contributed by atoms with van der Waals surface area (Å²) < 4.78 is 45.1. The zero-order valence-corrected chi connectivity index (χ0v) is 35.0. The Labute approximate surface area is 337 Å². The van der Waals surface area contributed by atoms with E-state index in [4.69, 9.17) is 24.2 Å². The molecule has 1 saturated carbocycles. The number of nitrogens with zero attached hydrogens (tertiary/aromatic N) is 11. The van der Waals surface area contributed by atoms with Gasteiger partial charge >= 0.3 is 0 Å². The molecular weight excluding hydrogens is 785 g/mol. The van der Waals surface area contributed by atoms with E-state index in [1.54, 1.807) is 12.5 Å². The third-order valence-corrected chi connectivity index (χ3v) is 14.8. The number of hydrogen-bond donors (Lipinski definition) is 3. The minimum Gasteiger partial charge on any atom is -0.377 e. The lowest BCUT2D eigenvalue weighted by Gasteiger charge is -2.35. The number of aryl methyl sites for hydroxylation is 3. The monoisotopic (exact) mass is 828 g/mol. The van der Waals surface area contributed by atoms with E-state index in [-0.39, 0.29) is 12.1 Å². The van der Waals surface area contributed by atoms with Crippen LogP contribution >= 0.6 is 23.1 Å². The number of fused-ring (bicyclic) bond motifs is 2. The summed E-state index contributed by atoms with van der Waals surface area (Å²) in [6.45, 7) is 12.3. The maximum atomic E-state index is 12.9. The first-order chi connectivity index (χ1) is 27.4. The lowest BCUT2D eigenvalue weighted by molar-refractivity contribution is 0.0985. The molecule has 9 heterocycles. The van der Waals surface area contributed by atoms with Crippen molar-refractivity contribution in [2.75, 3.05) is 55.6 Å². The maximum absolute atomic E-state index is 12.9. The Balaban J connectivity index is 0.000000148. The van der Waals surface area contributed by atoms with Crippen LogP contribution in [0.2, 0.25) is 0 Å². The quantitative estimate of drug-likeness (QED) is 0.177. The van der Waals surface area contributed by atoms with Crippen LogP contribution in [0.15, 0.2) is 30.5 Å². The number of rotatable bonds is 7. The van der Waals surface area contributed by atoms with Crippen LogP contribution in [0.4, 0.5) is 11.6 Å². The standard InChI is InChI=1S/C19H24N6O2S2.C18H20N8OS/c1-11-8-14(23-22-11)16-17-18(28-24-16)13(19(4-5-19)29(3,20)26)9-15(21-17)25-6-7-27-10-12(25)2;1-10-9-27-7-6-26(10)14-8-12(13-4-5-19-25(13)3)17-15(21-14)16(24-28-17)18-20-11(2)22-23-18/h8-9,12,20H,4-7,10H2,1-3H3,(H,22,23);4-5,8,10H,6-7,9H2,1-3H3,(H,20,22,23). The minimum absolute atomic E-state index is 0.197. The number of aromatic amines is 2. The molecule has 7 aromatic heterocycles. The van der Waals surface area contributed by atoms with Crippen molar-refractivity contribution >= 4 is 64.9 Å². The highest BCUT2D eigenvalue weighted by Gasteiger charge is 2.53. The maximum Gasteiger partial charge on any atom is 0.177 e. The van der Waals surface area contributed by atoms with Gasteiger partial charge in [-0.05, 0) is 93.4 Å². The fourth-order valence-electron chi connectivity index (χ4n) is 7.72. The molecule has 298 valence electrons. The van der Waals surface area contributed by atoms with Crippen LogP contribution in [-0.4, -0.2) is 116 Å². The van der Waals surface area contributed by atoms with Crippen LogP contribution in [0.3, 0.4) is 0 Å². The minimum atomic E-state index is -2.76. The van der Waals surface area contributed by atoms with E-state index in [1.807, 2.05) is 37.7 Å². The molecule has 3 unspecified atom stereocenters. The van der Waals surface area contributed by atoms with Crippen LogP contribution < -0.4 is 9.80 Å². The molecule has 1 aliphatic carbocycles. The Morgan fingerprint density at radius 1 is 0.877 bits per heavy atom. The van der Waals surface area contributed by atoms with Gasteiger partial charge in [-0.3, -0.25) is 19.7 Å². The van der Waals surface area contributed by atoms with Gasteiger partial charge in [0.1, 0.15) is 39.9 Å². The number of anilines is 2. The fraction of sp³-hybridized carbons (Fsp3) is 0.459. The molecule has 2 aliphatic heterocycles. The van der Waals surface area contributed by atoms with Crippen molar-refractivity contribution in [2.45, 2.75) is 57.4 Å². The Kier molecular flexibility index (Phi) is 9.58. The lowest BCUT2D eigenvalue weighted by atomic mass is 10.1. The van der Waals surface area contributed by atoms with Gasteiger partial charge in [0, 0.05) is 38.2 Å². The number of hydrogen-bond acceptors (Lipinski definition) is 16. The van der Waals surface area contributed by atoms with Gasteiger partial charge < -0.3 is 19.3 Å². The second-order valence-electron chi connectivity index (χ2n) is 15.0. The largest absolute Gasteiger partial charge is 0.377 e. The topological polar surface area (TPSA) is 205 Å². The van der Waals surface area contributed by atoms with Gasteiger partial charge in [-0.2, -0.15) is 24.0 Å². The van der Waals surface area contributed by atoms with E-state index >= 15 is 0 Å². The van der Waals surface area contributed by atoms with Gasteiger partial charge in [0.2, 0.25) is 0 Å². The molecule has 3 atom stereocenters. The second kappa shape index (κ2) is 14.5. The predicted molar refractivity (Wildman–Crippen MR) is 222 cm³/mol. The molecular formula is C37H44N14O3S3. The van der Waals surface area contributed by atoms with Crippen molar-refractivity contribution in [3.05, 3.63) is 47.5 Å². The number of H-pyrrole nitrogens is 2. The van der Waals surface area contributed by atoms with Crippen molar-refractivity contribution < 1.29 is 13.7 Å². The predicted octanol–water partition coefficient (Wildman–Crippen LogP) is 5.69. The summed E-state index contributed by atoms with van der Waals surface area (Å²) in [6.07, 6.45) is 4.89. The molecule has 17 nitrogen and oxygen atoms in total. The molecule has 7 aromatic rings. The number of morpholine rings is 2. The van der Waals surface area contributed by atoms with E-state index < -0.39 is 14.5 Å². The Bertz CT molecular complexity index is 2710. The summed E-state index contributed by atoms with van der Waals surface area (Å²) in [4.78, 5) is 19.0. The van der Waals surface area contributed by atoms with Gasteiger partial charge in [-0.25, -0.2) is 19.2 Å². The van der Waals surface area contributed by atoms with Gasteiger partial charge in [0.15, 0.2) is 5.82 Å². The molecule has 3 fully saturated rings. The fourth-order valence-corrected chi connectivity index (χ4v) is 11.0. The molecule has 0 spiro atoms. The summed E-state index contributed by atoms with van der Waals surface area (Å²) in [7, 11) is -0.815. The molecule has 2 saturated heterocycles. The summed E-state index contributed by atoms with van der Waals surface area (Å²) in [5, 5.41) is 18.7. The third kappa shape index (κ3) is 6.75. The van der Waals surface area contributed by atoms with E-state index in [9.17, 15) is 4.21 Å². The highest BCUT2D eigenvalue weighted by atomic mass is 32.2. The highest BCUT2D eigenvalue weighted by Crippen LogP contribution is 2.56. The molecule has 20 heteroatoms. The first-order valence-corrected chi connectivity index (χ1v) is 22.4. The highest BCUT2D eigenvalue weighted by molar-refractivity contribution is 7.93. The molecule has 3 aliphatic rings. The van der Waals surface area contributed by atoms with Crippen LogP contribution in [0.5, 0.6) is 0 Å². The third-order valence-electron chi connectivity index (χ3n) is 11.0. The molecule has 57 heavy (non-hydrogen) atoms. The Morgan fingerprint density at radius 3 is 2.09 bits per heavy atom. The van der Waals surface area contributed by atoms with Gasteiger partial charge in [0.25, 0.3) is 0 Å². The van der Waals surface area contributed by atoms with Crippen LogP contribution in [-0.2, 0) is 31.0 Å². The second-order valence-corrected chi connectivity index (χ2v) is 19.1. The number of aromatic nitrogens is 11. The summed E-state index contributed by atoms with van der Waals surface area (Å²) in [5.41, 5.74) is 7.88. The summed E-state index contributed by atoms with van der Waals surface area (Å²) in [5.74, 6) is 3.08. The first-order valence-electron chi connectivity index (χ1n) is 18.9. The van der Waals surface area contributed by atoms with Crippen molar-refractivity contribution in [2.24, 2.45) is 7.05 Å². The van der Waals surface area contributed by atoms with Gasteiger partial charge in [-0.15, -0.1) is 0 Å². The molecule has 0 radical (unpaired) electrons. The average molecular weight is 829 g/mol. The Hall–Kier alpha value is -4.89. The lowest BCUT2D eigenvalue weighted by Crippen LogP contribution is -2.44. The van der Waals surface area contributed by atoms with Gasteiger partial charge in [-0.1, -0.05) is 0 Å². The Morgan fingerprint density at radius 2 is 1.53 bits per heavy atom.